The van der Waals surface area contributed by atoms with E-state index in [9.17, 15) is 30.8 Å². The summed E-state index contributed by atoms with van der Waals surface area (Å²) in [6.07, 6.45) is -3.67. The Kier molecular flexibility index (Phi) is 8.27. The van der Waals surface area contributed by atoms with Gasteiger partial charge < -0.3 is 5.11 Å². The Labute approximate surface area is 231 Å². The molecule has 0 saturated carbocycles. The fourth-order valence-corrected chi connectivity index (χ4v) is 5.09. The van der Waals surface area contributed by atoms with E-state index in [0.717, 1.165) is 34.6 Å². The van der Waals surface area contributed by atoms with Crippen molar-refractivity contribution in [2.24, 2.45) is 0 Å². The molecule has 0 unspecified atom stereocenters. The van der Waals surface area contributed by atoms with Crippen LogP contribution in [0.5, 0.6) is 0 Å². The zero-order valence-corrected chi connectivity index (χ0v) is 19.3. The number of carbonyl (C=O) groups is 1. The average Bonchev–Trinajstić information content (AvgIpc) is 2.83. The third kappa shape index (κ3) is 5.77. The molecule has 1 N–H and O–H groups in total. The molecule has 0 saturated heterocycles. The van der Waals surface area contributed by atoms with Gasteiger partial charge in [0.2, 0.25) is 0 Å². The summed E-state index contributed by atoms with van der Waals surface area (Å²) in [5.74, 6) is -2.93. The number of carboxylic acid groups (broad SMARTS) is 1. The SMILES string of the molecule is Cc1c(N(Cc2ccc(F)c(C(F)(F)F)n2)S(=O)(=O)c2ccc(C(=O)O)cc2)ncc2ccccc12.[NaH]. The van der Waals surface area contributed by atoms with Crippen LogP contribution < -0.4 is 4.31 Å². The molecule has 7 nitrogen and oxygen atoms in total. The Morgan fingerprint density at radius 1 is 1.03 bits per heavy atom. The van der Waals surface area contributed by atoms with Gasteiger partial charge in [-0.2, -0.15) is 13.2 Å². The molecule has 0 bridgehead atoms. The summed E-state index contributed by atoms with van der Waals surface area (Å²) in [5.41, 5.74) is -1.87. The number of aromatic carboxylic acids is 1. The molecular weight excluding hydrogens is 525 g/mol. The maximum atomic E-state index is 13.8. The topological polar surface area (TPSA) is 100 Å². The number of benzene rings is 2. The molecule has 13 heteroatoms. The first-order valence-electron chi connectivity index (χ1n) is 10.3. The summed E-state index contributed by atoms with van der Waals surface area (Å²) in [5, 5.41) is 10.5. The van der Waals surface area contributed by atoms with E-state index in [0.29, 0.717) is 22.4 Å². The van der Waals surface area contributed by atoms with Crippen LogP contribution in [0.4, 0.5) is 23.4 Å². The summed E-state index contributed by atoms with van der Waals surface area (Å²) >= 11 is 0. The molecule has 0 aliphatic rings. The van der Waals surface area contributed by atoms with Crippen LogP contribution in [0, 0.1) is 12.7 Å². The fraction of sp³-hybridized carbons (Fsp3) is 0.125. The van der Waals surface area contributed by atoms with Gasteiger partial charge in [-0.15, -0.1) is 0 Å². The van der Waals surface area contributed by atoms with E-state index in [1.807, 2.05) is 0 Å². The van der Waals surface area contributed by atoms with E-state index in [-0.39, 0.29) is 51.5 Å². The third-order valence-corrected chi connectivity index (χ3v) is 7.18. The zero-order chi connectivity index (χ0) is 26.3. The number of hydrogen-bond donors (Lipinski definition) is 1. The van der Waals surface area contributed by atoms with E-state index in [4.69, 9.17) is 5.11 Å². The van der Waals surface area contributed by atoms with Crippen molar-refractivity contribution < 1.29 is 35.9 Å². The minimum atomic E-state index is -5.09. The fourth-order valence-electron chi connectivity index (χ4n) is 3.64. The molecule has 4 rings (SSSR count). The molecule has 0 spiro atoms. The molecule has 2 aromatic carbocycles. The quantitative estimate of drug-likeness (QED) is 0.283. The number of alkyl halides is 3. The number of nitrogens with zero attached hydrogens (tertiary/aromatic N) is 3. The van der Waals surface area contributed by atoms with E-state index in [2.05, 4.69) is 9.97 Å². The Balaban J connectivity index is 0.00000380. The number of halogens is 4. The van der Waals surface area contributed by atoms with Crippen molar-refractivity contribution in [2.75, 3.05) is 4.31 Å². The molecule has 4 aromatic rings. The van der Waals surface area contributed by atoms with Crippen molar-refractivity contribution in [1.82, 2.24) is 9.97 Å². The van der Waals surface area contributed by atoms with E-state index in [1.165, 1.54) is 6.20 Å². The van der Waals surface area contributed by atoms with Gasteiger partial charge in [0, 0.05) is 17.1 Å². The van der Waals surface area contributed by atoms with Gasteiger partial charge in [0.05, 0.1) is 22.7 Å². The van der Waals surface area contributed by atoms with Gasteiger partial charge >= 0.3 is 41.7 Å². The summed E-state index contributed by atoms with van der Waals surface area (Å²) in [4.78, 5) is 18.4. The van der Waals surface area contributed by atoms with Gasteiger partial charge in [-0.3, -0.25) is 0 Å². The normalized spacial score (nSPS) is 11.7. The summed E-state index contributed by atoms with van der Waals surface area (Å²) in [6, 6.07) is 12.8. The first-order chi connectivity index (χ1) is 16.9. The zero-order valence-electron chi connectivity index (χ0n) is 18.5. The standard InChI is InChI=1S/C24H17F4N3O4S.Na.H/c1-14-19-5-3-2-4-16(19)12-29-22(14)31(13-17-8-11-20(25)21(30-17)24(26,27)28)36(34,35)18-9-6-15(7-10-18)23(32)33;;/h2-12H,13H2,1H3,(H,32,33);;. The van der Waals surface area contributed by atoms with E-state index < -0.39 is 40.2 Å². The Morgan fingerprint density at radius 2 is 1.68 bits per heavy atom. The van der Waals surface area contributed by atoms with Crippen LogP contribution in [0.25, 0.3) is 10.8 Å². The molecule has 0 aliphatic heterocycles. The molecular formula is C24H18F4N3NaO4S. The van der Waals surface area contributed by atoms with Gasteiger partial charge in [0.15, 0.2) is 11.5 Å². The van der Waals surface area contributed by atoms with Gasteiger partial charge in [-0.05, 0) is 48.7 Å². The predicted octanol–water partition coefficient (Wildman–Crippen LogP) is 4.54. The number of carboxylic acids is 1. The van der Waals surface area contributed by atoms with Crippen LogP contribution in [0.2, 0.25) is 0 Å². The van der Waals surface area contributed by atoms with Crippen LogP contribution in [-0.4, -0.2) is 59.0 Å². The summed E-state index contributed by atoms with van der Waals surface area (Å²) < 4.78 is 81.6. The third-order valence-electron chi connectivity index (χ3n) is 5.43. The van der Waals surface area contributed by atoms with Crippen molar-refractivity contribution in [3.05, 3.63) is 95.2 Å². The second-order valence-corrected chi connectivity index (χ2v) is 9.63. The van der Waals surface area contributed by atoms with Crippen LogP contribution in [-0.2, 0) is 22.7 Å². The Bertz CT molecular complexity index is 1580. The Morgan fingerprint density at radius 3 is 2.30 bits per heavy atom. The minimum absolute atomic E-state index is 0. The molecule has 2 heterocycles. The van der Waals surface area contributed by atoms with Crippen molar-refractivity contribution >= 4 is 62.1 Å². The van der Waals surface area contributed by atoms with Gasteiger partial charge in [-0.1, -0.05) is 24.3 Å². The number of sulfonamides is 1. The van der Waals surface area contributed by atoms with Crippen molar-refractivity contribution in [2.45, 2.75) is 24.5 Å². The first-order valence-corrected chi connectivity index (χ1v) is 11.8. The van der Waals surface area contributed by atoms with Crippen LogP contribution in [0.15, 0.2) is 71.8 Å². The number of anilines is 1. The Hall–Kier alpha value is -3.06. The summed E-state index contributed by atoms with van der Waals surface area (Å²) in [7, 11) is -4.48. The molecule has 0 radical (unpaired) electrons. The number of pyridine rings is 2. The van der Waals surface area contributed by atoms with Crippen LogP contribution in [0.3, 0.4) is 0 Å². The number of aromatic nitrogens is 2. The molecule has 0 aliphatic carbocycles. The second kappa shape index (κ2) is 10.7. The number of hydrogen-bond acceptors (Lipinski definition) is 5. The average molecular weight is 543 g/mol. The van der Waals surface area contributed by atoms with E-state index >= 15 is 0 Å². The number of fused-ring (bicyclic) bond motifs is 1. The van der Waals surface area contributed by atoms with Crippen molar-refractivity contribution in [1.29, 1.82) is 0 Å². The van der Waals surface area contributed by atoms with Crippen molar-refractivity contribution in [3.63, 3.8) is 0 Å². The van der Waals surface area contributed by atoms with Gasteiger partial charge in [0.1, 0.15) is 5.82 Å². The number of aryl methyl sites for hydroxylation is 1. The second-order valence-electron chi connectivity index (χ2n) is 7.77. The molecule has 188 valence electrons. The molecule has 37 heavy (non-hydrogen) atoms. The van der Waals surface area contributed by atoms with E-state index in [1.54, 1.807) is 31.2 Å². The monoisotopic (exact) mass is 543 g/mol. The van der Waals surface area contributed by atoms with Gasteiger partial charge in [0.25, 0.3) is 10.0 Å². The molecule has 0 atom stereocenters. The maximum absolute atomic E-state index is 13.8. The van der Waals surface area contributed by atoms with Crippen molar-refractivity contribution in [3.8, 4) is 0 Å². The van der Waals surface area contributed by atoms with Crippen LogP contribution in [0.1, 0.15) is 27.3 Å². The van der Waals surface area contributed by atoms with Crippen LogP contribution >= 0.6 is 0 Å². The first kappa shape index (κ1) is 28.5. The molecule has 0 amide bonds. The summed E-state index contributed by atoms with van der Waals surface area (Å²) in [6.45, 7) is 0.915. The molecule has 0 fully saturated rings. The number of rotatable bonds is 6. The predicted molar refractivity (Wildman–Crippen MR) is 130 cm³/mol. The van der Waals surface area contributed by atoms with Gasteiger partial charge in [-0.25, -0.2) is 31.9 Å². The molecule has 2 aromatic heterocycles.